The Morgan fingerprint density at radius 1 is 1.40 bits per heavy atom. The van der Waals surface area contributed by atoms with Crippen molar-refractivity contribution in [2.24, 2.45) is 5.73 Å². The second kappa shape index (κ2) is 5.87. The molecule has 0 radical (unpaired) electrons. The molecule has 0 saturated heterocycles. The first-order valence-corrected chi connectivity index (χ1v) is 4.59. The quantitative estimate of drug-likeness (QED) is 0.620. The van der Waals surface area contributed by atoms with Crippen molar-refractivity contribution in [2.45, 2.75) is 6.54 Å². The molecule has 1 amide bonds. The zero-order valence-electron chi connectivity index (χ0n) is 8.27. The van der Waals surface area contributed by atoms with Gasteiger partial charge in [0.15, 0.2) is 0 Å². The molecule has 0 aliphatic heterocycles. The van der Waals surface area contributed by atoms with E-state index in [1.165, 1.54) is 0 Å². The van der Waals surface area contributed by atoms with E-state index in [2.05, 4.69) is 10.1 Å². The summed E-state index contributed by atoms with van der Waals surface area (Å²) < 4.78 is 4.54. The van der Waals surface area contributed by atoms with Crippen LogP contribution in [0, 0.1) is 0 Å². The lowest BCUT2D eigenvalue weighted by atomic mass is 10.2. The van der Waals surface area contributed by atoms with Crippen LogP contribution in [0.1, 0.15) is 5.56 Å². The van der Waals surface area contributed by atoms with E-state index in [4.69, 9.17) is 10.8 Å². The van der Waals surface area contributed by atoms with Crippen LogP contribution in [0.25, 0.3) is 0 Å². The monoisotopic (exact) mass is 210 g/mol. The SMILES string of the molecule is NC(=O)OCCNCc1ccc(O)cc1. The molecule has 15 heavy (non-hydrogen) atoms. The minimum Gasteiger partial charge on any atom is -0.508 e. The number of hydrogen-bond acceptors (Lipinski definition) is 4. The normalized spacial score (nSPS) is 9.87. The first-order chi connectivity index (χ1) is 7.18. The molecule has 0 aliphatic rings. The molecular weight excluding hydrogens is 196 g/mol. The minimum absolute atomic E-state index is 0.246. The molecule has 1 aromatic rings. The lowest BCUT2D eigenvalue weighted by Crippen LogP contribution is -2.23. The number of phenolic OH excluding ortho intramolecular Hbond substituents is 1. The number of nitrogens with two attached hydrogens (primary N) is 1. The molecule has 0 unspecified atom stereocenters. The van der Waals surface area contributed by atoms with E-state index in [1.807, 2.05) is 12.1 Å². The topological polar surface area (TPSA) is 84.6 Å². The maximum absolute atomic E-state index is 10.2. The number of amides is 1. The largest absolute Gasteiger partial charge is 0.508 e. The van der Waals surface area contributed by atoms with Crippen molar-refractivity contribution in [3.63, 3.8) is 0 Å². The van der Waals surface area contributed by atoms with Crippen LogP contribution in [0.2, 0.25) is 0 Å². The highest BCUT2D eigenvalue weighted by atomic mass is 16.5. The number of benzene rings is 1. The highest BCUT2D eigenvalue weighted by molar-refractivity contribution is 5.64. The summed E-state index contributed by atoms with van der Waals surface area (Å²) in [4.78, 5) is 10.2. The Morgan fingerprint density at radius 2 is 2.07 bits per heavy atom. The summed E-state index contributed by atoms with van der Waals surface area (Å²) in [6, 6.07) is 6.88. The van der Waals surface area contributed by atoms with Crippen molar-refractivity contribution in [2.75, 3.05) is 13.2 Å². The van der Waals surface area contributed by atoms with Crippen molar-refractivity contribution in [1.29, 1.82) is 0 Å². The molecule has 0 aromatic heterocycles. The van der Waals surface area contributed by atoms with Crippen LogP contribution in [0.15, 0.2) is 24.3 Å². The van der Waals surface area contributed by atoms with Crippen LogP contribution in [0.4, 0.5) is 4.79 Å². The first-order valence-electron chi connectivity index (χ1n) is 4.59. The molecule has 0 atom stereocenters. The van der Waals surface area contributed by atoms with E-state index in [0.717, 1.165) is 5.56 Å². The maximum Gasteiger partial charge on any atom is 0.404 e. The van der Waals surface area contributed by atoms with Gasteiger partial charge in [0.05, 0.1) is 0 Å². The van der Waals surface area contributed by atoms with E-state index < -0.39 is 6.09 Å². The van der Waals surface area contributed by atoms with Gasteiger partial charge in [0, 0.05) is 13.1 Å². The van der Waals surface area contributed by atoms with Gasteiger partial charge in [0.1, 0.15) is 12.4 Å². The molecule has 0 aliphatic carbocycles. The molecule has 5 nitrogen and oxygen atoms in total. The number of hydrogen-bond donors (Lipinski definition) is 3. The van der Waals surface area contributed by atoms with E-state index in [9.17, 15) is 4.79 Å². The molecule has 0 saturated carbocycles. The molecule has 0 bridgehead atoms. The predicted octanol–water partition coefficient (Wildman–Crippen LogP) is 0.577. The Hall–Kier alpha value is -1.75. The second-order valence-corrected chi connectivity index (χ2v) is 3.01. The van der Waals surface area contributed by atoms with Crippen molar-refractivity contribution in [3.05, 3.63) is 29.8 Å². The Morgan fingerprint density at radius 3 is 2.67 bits per heavy atom. The summed E-state index contributed by atoms with van der Waals surface area (Å²) in [5.74, 6) is 0.246. The zero-order chi connectivity index (χ0) is 11.1. The van der Waals surface area contributed by atoms with Crippen LogP contribution in [-0.2, 0) is 11.3 Å². The van der Waals surface area contributed by atoms with Gasteiger partial charge in [-0.2, -0.15) is 0 Å². The van der Waals surface area contributed by atoms with Crippen molar-refractivity contribution in [1.82, 2.24) is 5.32 Å². The molecule has 5 heteroatoms. The number of primary amides is 1. The fourth-order valence-corrected chi connectivity index (χ4v) is 1.07. The van der Waals surface area contributed by atoms with Gasteiger partial charge in [-0.25, -0.2) is 4.79 Å². The molecule has 0 spiro atoms. The van der Waals surface area contributed by atoms with Gasteiger partial charge in [-0.1, -0.05) is 12.1 Å². The van der Waals surface area contributed by atoms with Crippen molar-refractivity contribution < 1.29 is 14.6 Å². The molecule has 0 heterocycles. The van der Waals surface area contributed by atoms with Crippen molar-refractivity contribution >= 4 is 6.09 Å². The third kappa shape index (κ3) is 4.87. The maximum atomic E-state index is 10.2. The Kier molecular flexibility index (Phi) is 4.43. The Bertz CT molecular complexity index is 311. The highest BCUT2D eigenvalue weighted by Crippen LogP contribution is 2.08. The molecule has 0 fully saturated rings. The van der Waals surface area contributed by atoms with E-state index in [1.54, 1.807) is 12.1 Å². The number of nitrogens with one attached hydrogen (secondary N) is 1. The van der Waals surface area contributed by atoms with Gasteiger partial charge in [-0.15, -0.1) is 0 Å². The molecule has 1 aromatic carbocycles. The summed E-state index contributed by atoms with van der Waals surface area (Å²) in [7, 11) is 0. The molecule has 1 rings (SSSR count). The second-order valence-electron chi connectivity index (χ2n) is 3.01. The third-order valence-corrected chi connectivity index (χ3v) is 1.79. The van der Waals surface area contributed by atoms with Gasteiger partial charge in [0.25, 0.3) is 0 Å². The van der Waals surface area contributed by atoms with E-state index in [-0.39, 0.29) is 12.4 Å². The average Bonchev–Trinajstić information content (AvgIpc) is 2.20. The Balaban J connectivity index is 2.15. The lowest BCUT2D eigenvalue weighted by molar-refractivity contribution is 0.157. The van der Waals surface area contributed by atoms with Crippen LogP contribution in [0.5, 0.6) is 5.75 Å². The summed E-state index contributed by atoms with van der Waals surface area (Å²) in [5, 5.41) is 12.1. The molecule has 82 valence electrons. The van der Waals surface area contributed by atoms with Gasteiger partial charge >= 0.3 is 6.09 Å². The van der Waals surface area contributed by atoms with Gasteiger partial charge in [-0.05, 0) is 17.7 Å². The predicted molar refractivity (Wildman–Crippen MR) is 55.3 cm³/mol. The summed E-state index contributed by atoms with van der Waals surface area (Å²) in [6.07, 6.45) is -0.763. The smallest absolute Gasteiger partial charge is 0.404 e. The number of phenols is 1. The number of carbonyl (C=O) groups excluding carboxylic acids is 1. The minimum atomic E-state index is -0.763. The fraction of sp³-hybridized carbons (Fsp3) is 0.300. The standard InChI is InChI=1S/C10H14N2O3/c11-10(14)15-6-5-12-7-8-1-3-9(13)4-2-8/h1-4,12-13H,5-7H2,(H2,11,14). The molecular formula is C10H14N2O3. The number of carbonyl (C=O) groups is 1. The molecule has 4 N–H and O–H groups in total. The summed E-state index contributed by atoms with van der Waals surface area (Å²) in [5.41, 5.74) is 5.83. The van der Waals surface area contributed by atoms with Crippen molar-refractivity contribution in [3.8, 4) is 5.75 Å². The Labute approximate surface area is 87.9 Å². The lowest BCUT2D eigenvalue weighted by Gasteiger charge is -2.04. The van der Waals surface area contributed by atoms with Gasteiger partial charge in [-0.3, -0.25) is 0 Å². The number of ether oxygens (including phenoxy) is 1. The first kappa shape index (κ1) is 11.3. The van der Waals surface area contributed by atoms with Gasteiger partial charge < -0.3 is 20.9 Å². The highest BCUT2D eigenvalue weighted by Gasteiger charge is 1.94. The van der Waals surface area contributed by atoms with E-state index in [0.29, 0.717) is 13.1 Å². The number of rotatable bonds is 5. The summed E-state index contributed by atoms with van der Waals surface area (Å²) >= 11 is 0. The van der Waals surface area contributed by atoms with Crippen LogP contribution in [0.3, 0.4) is 0 Å². The van der Waals surface area contributed by atoms with Crippen LogP contribution >= 0.6 is 0 Å². The third-order valence-electron chi connectivity index (χ3n) is 1.79. The zero-order valence-corrected chi connectivity index (χ0v) is 8.27. The number of aromatic hydroxyl groups is 1. The van der Waals surface area contributed by atoms with Gasteiger partial charge in [0.2, 0.25) is 0 Å². The van der Waals surface area contributed by atoms with Crippen LogP contribution < -0.4 is 11.1 Å². The fourth-order valence-electron chi connectivity index (χ4n) is 1.07. The summed E-state index contributed by atoms with van der Waals surface area (Å²) in [6.45, 7) is 1.46. The van der Waals surface area contributed by atoms with Crippen LogP contribution in [-0.4, -0.2) is 24.4 Å². The van der Waals surface area contributed by atoms with E-state index >= 15 is 0 Å². The average molecular weight is 210 g/mol.